The summed E-state index contributed by atoms with van der Waals surface area (Å²) in [7, 11) is 1.93. The molecule has 0 saturated carbocycles. The number of hydrogen-bond donors (Lipinski definition) is 4. The summed E-state index contributed by atoms with van der Waals surface area (Å²) >= 11 is 0. The van der Waals surface area contributed by atoms with Crippen LogP contribution in [0, 0.1) is 0 Å². The lowest BCUT2D eigenvalue weighted by atomic mass is 10.1. The Morgan fingerprint density at radius 1 is 1.18 bits per heavy atom. The zero-order valence-corrected chi connectivity index (χ0v) is 12.9. The molecule has 0 unspecified atom stereocenters. The van der Waals surface area contributed by atoms with Gasteiger partial charge < -0.3 is 21.4 Å². The summed E-state index contributed by atoms with van der Waals surface area (Å²) in [6, 6.07) is 3.79. The van der Waals surface area contributed by atoms with Crippen LogP contribution in [0.2, 0.25) is 0 Å². The molecule has 3 heterocycles. The van der Waals surface area contributed by atoms with Gasteiger partial charge in [-0.3, -0.25) is 0 Å². The fourth-order valence-electron chi connectivity index (χ4n) is 2.25. The van der Waals surface area contributed by atoms with Crippen LogP contribution >= 0.6 is 12.4 Å². The lowest BCUT2D eigenvalue weighted by Crippen LogP contribution is -2.17. The Labute approximate surface area is 134 Å². The fraction of sp³-hybridized carbons (Fsp3) is 0.214. The highest BCUT2D eigenvalue weighted by Crippen LogP contribution is 2.31. The number of nitrogens with one attached hydrogen (secondary N) is 3. The first-order valence-corrected chi connectivity index (χ1v) is 6.73. The molecule has 116 valence electrons. The molecule has 3 aromatic heterocycles. The number of hydrogen-bond acceptors (Lipinski definition) is 6. The smallest absolute Gasteiger partial charge is 0.220 e. The summed E-state index contributed by atoms with van der Waals surface area (Å²) in [4.78, 5) is 15.7. The molecule has 0 fully saturated rings. The van der Waals surface area contributed by atoms with Gasteiger partial charge in [0.05, 0.1) is 11.1 Å². The Balaban J connectivity index is 0.00000176. The SMILES string of the molecule is CNCCNc1ccnc2[nH]cc(-c3ccnc(N)n3)c12.Cl. The summed E-state index contributed by atoms with van der Waals surface area (Å²) in [5, 5.41) is 7.52. The van der Waals surface area contributed by atoms with Crippen LogP contribution < -0.4 is 16.4 Å². The molecule has 0 saturated heterocycles. The van der Waals surface area contributed by atoms with E-state index in [1.165, 1.54) is 0 Å². The Bertz CT molecular complexity index is 756. The van der Waals surface area contributed by atoms with E-state index in [4.69, 9.17) is 5.73 Å². The van der Waals surface area contributed by atoms with Crippen molar-refractivity contribution >= 4 is 35.1 Å². The van der Waals surface area contributed by atoms with Crippen LogP contribution in [-0.2, 0) is 0 Å². The number of halogens is 1. The van der Waals surface area contributed by atoms with Crippen molar-refractivity contribution in [2.24, 2.45) is 0 Å². The Hall–Kier alpha value is -2.38. The first-order chi connectivity index (χ1) is 10.3. The first kappa shape index (κ1) is 16.0. The van der Waals surface area contributed by atoms with E-state index >= 15 is 0 Å². The number of pyridine rings is 1. The normalized spacial score (nSPS) is 10.4. The van der Waals surface area contributed by atoms with Crippen molar-refractivity contribution in [3.63, 3.8) is 0 Å². The Morgan fingerprint density at radius 2 is 2.00 bits per heavy atom. The van der Waals surface area contributed by atoms with Crippen LogP contribution in [0.15, 0.2) is 30.7 Å². The lowest BCUT2D eigenvalue weighted by molar-refractivity contribution is 0.824. The summed E-state index contributed by atoms with van der Waals surface area (Å²) in [6.07, 6.45) is 5.32. The van der Waals surface area contributed by atoms with E-state index in [9.17, 15) is 0 Å². The maximum atomic E-state index is 5.67. The molecular formula is C14H18ClN7. The molecule has 0 aromatic carbocycles. The van der Waals surface area contributed by atoms with Gasteiger partial charge in [-0.1, -0.05) is 0 Å². The Kier molecular flexibility index (Phi) is 5.13. The molecule has 0 aliphatic carbocycles. The number of anilines is 2. The number of nitrogens with two attached hydrogens (primary N) is 1. The van der Waals surface area contributed by atoms with Crippen molar-refractivity contribution in [2.45, 2.75) is 0 Å². The second-order valence-electron chi connectivity index (χ2n) is 4.61. The van der Waals surface area contributed by atoms with Crippen LogP contribution in [0.5, 0.6) is 0 Å². The molecule has 3 rings (SSSR count). The minimum absolute atomic E-state index is 0. The van der Waals surface area contributed by atoms with Gasteiger partial charge in [0.2, 0.25) is 5.95 Å². The molecule has 0 aliphatic heterocycles. The van der Waals surface area contributed by atoms with E-state index in [1.807, 2.05) is 25.4 Å². The van der Waals surface area contributed by atoms with Gasteiger partial charge in [0.1, 0.15) is 5.65 Å². The summed E-state index contributed by atoms with van der Waals surface area (Å²) in [5.41, 5.74) is 9.24. The fourth-order valence-corrected chi connectivity index (χ4v) is 2.25. The van der Waals surface area contributed by atoms with Gasteiger partial charge in [-0.05, 0) is 19.2 Å². The number of likely N-dealkylation sites (N-methyl/N-ethyl adjacent to an activating group) is 1. The molecule has 8 heteroatoms. The minimum atomic E-state index is 0. The zero-order valence-electron chi connectivity index (χ0n) is 12.1. The van der Waals surface area contributed by atoms with Crippen molar-refractivity contribution < 1.29 is 0 Å². The summed E-state index contributed by atoms with van der Waals surface area (Å²) in [6.45, 7) is 1.70. The van der Waals surface area contributed by atoms with Crippen molar-refractivity contribution in [1.82, 2.24) is 25.3 Å². The van der Waals surface area contributed by atoms with E-state index in [-0.39, 0.29) is 18.4 Å². The van der Waals surface area contributed by atoms with Crippen molar-refractivity contribution in [3.8, 4) is 11.3 Å². The number of rotatable bonds is 5. The van der Waals surface area contributed by atoms with Crippen LogP contribution in [0.3, 0.4) is 0 Å². The van der Waals surface area contributed by atoms with Gasteiger partial charge in [0, 0.05) is 42.9 Å². The van der Waals surface area contributed by atoms with E-state index in [0.29, 0.717) is 0 Å². The standard InChI is InChI=1S/C14H17N7.ClH/c1-16-6-7-17-11-3-4-18-13-12(11)9(8-20-13)10-2-5-19-14(15)21-10;/h2-5,8,16H,6-7H2,1H3,(H2,15,19,21)(H2,17,18,20);1H. The quantitative estimate of drug-likeness (QED) is 0.533. The van der Waals surface area contributed by atoms with Gasteiger partial charge in [0.25, 0.3) is 0 Å². The highest BCUT2D eigenvalue weighted by molar-refractivity contribution is 6.01. The van der Waals surface area contributed by atoms with Crippen LogP contribution in [0.25, 0.3) is 22.3 Å². The van der Waals surface area contributed by atoms with Crippen LogP contribution in [0.1, 0.15) is 0 Å². The molecular weight excluding hydrogens is 302 g/mol. The van der Waals surface area contributed by atoms with E-state index in [2.05, 4.69) is 30.6 Å². The van der Waals surface area contributed by atoms with Gasteiger partial charge in [-0.15, -0.1) is 12.4 Å². The first-order valence-electron chi connectivity index (χ1n) is 6.73. The van der Waals surface area contributed by atoms with Gasteiger partial charge in [-0.2, -0.15) is 0 Å². The van der Waals surface area contributed by atoms with Gasteiger partial charge in [0.15, 0.2) is 0 Å². The number of fused-ring (bicyclic) bond motifs is 1. The van der Waals surface area contributed by atoms with Gasteiger partial charge >= 0.3 is 0 Å². The maximum absolute atomic E-state index is 5.67. The van der Waals surface area contributed by atoms with Gasteiger partial charge in [-0.25, -0.2) is 15.0 Å². The van der Waals surface area contributed by atoms with Crippen molar-refractivity contribution in [1.29, 1.82) is 0 Å². The zero-order chi connectivity index (χ0) is 14.7. The number of nitrogens with zero attached hydrogens (tertiary/aromatic N) is 3. The summed E-state index contributed by atoms with van der Waals surface area (Å²) < 4.78 is 0. The average molecular weight is 320 g/mol. The number of aromatic nitrogens is 4. The number of nitrogen functional groups attached to an aromatic ring is 1. The number of H-pyrrole nitrogens is 1. The van der Waals surface area contributed by atoms with Crippen molar-refractivity contribution in [2.75, 3.05) is 31.2 Å². The van der Waals surface area contributed by atoms with E-state index in [1.54, 1.807) is 12.4 Å². The molecule has 7 nitrogen and oxygen atoms in total. The molecule has 22 heavy (non-hydrogen) atoms. The second-order valence-corrected chi connectivity index (χ2v) is 4.61. The molecule has 0 spiro atoms. The third kappa shape index (κ3) is 3.10. The third-order valence-corrected chi connectivity index (χ3v) is 3.21. The molecule has 0 bridgehead atoms. The molecule has 0 aliphatic rings. The van der Waals surface area contributed by atoms with E-state index in [0.717, 1.165) is 41.1 Å². The Morgan fingerprint density at radius 3 is 2.77 bits per heavy atom. The lowest BCUT2D eigenvalue weighted by Gasteiger charge is -2.08. The number of aromatic amines is 1. The highest BCUT2D eigenvalue weighted by Gasteiger charge is 2.12. The van der Waals surface area contributed by atoms with Crippen LogP contribution in [-0.4, -0.2) is 40.1 Å². The summed E-state index contributed by atoms with van der Waals surface area (Å²) in [5.74, 6) is 0.260. The molecule has 0 amide bonds. The van der Waals surface area contributed by atoms with E-state index < -0.39 is 0 Å². The maximum Gasteiger partial charge on any atom is 0.220 e. The molecule has 5 N–H and O–H groups in total. The predicted molar refractivity (Wildman–Crippen MR) is 91.2 cm³/mol. The van der Waals surface area contributed by atoms with Crippen LogP contribution in [0.4, 0.5) is 11.6 Å². The van der Waals surface area contributed by atoms with Crippen molar-refractivity contribution in [3.05, 3.63) is 30.7 Å². The predicted octanol–water partition coefficient (Wildman–Crippen LogP) is 1.66. The highest BCUT2D eigenvalue weighted by atomic mass is 35.5. The molecule has 0 atom stereocenters. The minimum Gasteiger partial charge on any atom is -0.383 e. The molecule has 0 radical (unpaired) electrons. The monoisotopic (exact) mass is 319 g/mol. The average Bonchev–Trinajstić information content (AvgIpc) is 2.92. The largest absolute Gasteiger partial charge is 0.383 e. The topological polar surface area (TPSA) is 105 Å². The molecule has 3 aromatic rings. The second kappa shape index (κ2) is 7.06. The third-order valence-electron chi connectivity index (χ3n) is 3.21.